The molecule has 7 atom stereocenters. The van der Waals surface area contributed by atoms with E-state index in [4.69, 9.17) is 20.2 Å². The fourth-order valence-corrected chi connectivity index (χ4v) is 12.5. The van der Waals surface area contributed by atoms with Crippen LogP contribution in [0.1, 0.15) is 166 Å². The van der Waals surface area contributed by atoms with E-state index < -0.39 is 16.6 Å². The molecule has 4 aliphatic rings. The minimum absolute atomic E-state index is 0.0283. The molecular formula is C47H82O5Si2. The van der Waals surface area contributed by atoms with Gasteiger partial charge in [-0.1, -0.05) is 112 Å². The Morgan fingerprint density at radius 2 is 1.56 bits per heavy atom. The Morgan fingerprint density at radius 1 is 0.926 bits per heavy atom. The lowest BCUT2D eigenvalue weighted by Gasteiger charge is -2.46. The Hall–Kier alpha value is -1.29. The van der Waals surface area contributed by atoms with Gasteiger partial charge in [0.15, 0.2) is 16.6 Å². The van der Waals surface area contributed by atoms with Gasteiger partial charge in [-0.2, -0.15) is 0 Å². The zero-order valence-corrected chi connectivity index (χ0v) is 39.5. The van der Waals surface area contributed by atoms with Crippen LogP contribution in [0.5, 0.6) is 0 Å². The van der Waals surface area contributed by atoms with Crippen LogP contribution in [0, 0.1) is 28.6 Å². The molecule has 0 saturated heterocycles. The summed E-state index contributed by atoms with van der Waals surface area (Å²) in [5, 5.41) is 0.255. The van der Waals surface area contributed by atoms with Gasteiger partial charge in [0.25, 0.3) is 0 Å². The largest absolute Gasteiger partial charge is 0.462 e. The highest BCUT2D eigenvalue weighted by Crippen LogP contribution is 2.60. The second kappa shape index (κ2) is 17.3. The number of esters is 1. The summed E-state index contributed by atoms with van der Waals surface area (Å²) in [6.07, 6.45) is 20.2. The van der Waals surface area contributed by atoms with Gasteiger partial charge in [0.1, 0.15) is 11.9 Å². The average molecular weight is 783 g/mol. The van der Waals surface area contributed by atoms with Crippen molar-refractivity contribution in [3.8, 4) is 0 Å². The topological polar surface area (TPSA) is 61.8 Å². The van der Waals surface area contributed by atoms with E-state index >= 15 is 0 Å². The highest BCUT2D eigenvalue weighted by Gasteiger charge is 2.54. The molecule has 0 aromatic rings. The Labute approximate surface area is 334 Å². The maximum Gasteiger partial charge on any atom is 0.302 e. The first-order chi connectivity index (χ1) is 24.9. The Morgan fingerprint density at radius 3 is 2.13 bits per heavy atom. The third kappa shape index (κ3) is 10.4. The smallest absolute Gasteiger partial charge is 0.302 e. The summed E-state index contributed by atoms with van der Waals surface area (Å²) in [5.74, 6) is 1.12. The van der Waals surface area contributed by atoms with Crippen LogP contribution in [0.3, 0.4) is 0 Å². The van der Waals surface area contributed by atoms with Crippen molar-refractivity contribution < 1.29 is 23.2 Å². The summed E-state index contributed by atoms with van der Waals surface area (Å²) in [6, 6.07) is 0. The molecule has 5 nitrogen and oxygen atoms in total. The van der Waals surface area contributed by atoms with Gasteiger partial charge in [0, 0.05) is 25.2 Å². The second-order valence-electron chi connectivity index (χ2n) is 21.6. The quantitative estimate of drug-likeness (QED) is 0.0886. The predicted octanol–water partition coefficient (Wildman–Crippen LogP) is 13.5. The van der Waals surface area contributed by atoms with E-state index in [1.165, 1.54) is 44.6 Å². The van der Waals surface area contributed by atoms with Crippen molar-refractivity contribution in [2.45, 2.75) is 220 Å². The molecular weight excluding hydrogens is 701 g/mol. The second-order valence-corrected chi connectivity index (χ2v) is 31.1. The zero-order valence-electron chi connectivity index (χ0n) is 37.5. The molecule has 54 heavy (non-hydrogen) atoms. The fraction of sp³-hybridized carbons (Fsp3) is 0.830. The molecule has 0 spiro atoms. The number of Topliss-reactive ketones (excluding diaryl/α,β-unsaturated/α-hetero) is 1. The maximum atomic E-state index is 13.8. The lowest BCUT2D eigenvalue weighted by molar-refractivity contribution is -0.153. The van der Waals surface area contributed by atoms with E-state index in [1.807, 2.05) is 0 Å². The van der Waals surface area contributed by atoms with Crippen molar-refractivity contribution in [3.05, 3.63) is 35.5 Å². The lowest BCUT2D eigenvalue weighted by Crippen LogP contribution is -2.49. The predicted molar refractivity (Wildman–Crippen MR) is 232 cm³/mol. The molecule has 0 radical (unpaired) electrons. The first-order valence-electron chi connectivity index (χ1n) is 22.0. The minimum Gasteiger partial charge on any atom is -0.462 e. The van der Waals surface area contributed by atoms with E-state index in [2.05, 4.69) is 101 Å². The number of rotatable bonds is 16. The van der Waals surface area contributed by atoms with Gasteiger partial charge in [0.05, 0.1) is 12.2 Å². The van der Waals surface area contributed by atoms with Crippen LogP contribution in [0.25, 0.3) is 0 Å². The monoisotopic (exact) mass is 783 g/mol. The van der Waals surface area contributed by atoms with Crippen molar-refractivity contribution in [2.75, 3.05) is 0 Å². The summed E-state index contributed by atoms with van der Waals surface area (Å²) in [4.78, 5) is 26.3. The Bertz CT molecular complexity index is 1410. The molecule has 4 aliphatic carbocycles. The molecule has 0 N–H and O–H groups in total. The maximum absolute atomic E-state index is 13.8. The van der Waals surface area contributed by atoms with Gasteiger partial charge in [-0.3, -0.25) is 9.59 Å². The molecule has 7 heteroatoms. The minimum atomic E-state index is -2.04. The van der Waals surface area contributed by atoms with E-state index in [0.717, 1.165) is 63.4 Å². The molecule has 0 amide bonds. The first-order valence-corrected chi connectivity index (χ1v) is 27.8. The van der Waals surface area contributed by atoms with Crippen LogP contribution in [-0.4, -0.2) is 46.7 Å². The van der Waals surface area contributed by atoms with Crippen LogP contribution >= 0.6 is 0 Å². The third-order valence-electron chi connectivity index (χ3n) is 15.7. The zero-order chi connectivity index (χ0) is 40.5. The first kappa shape index (κ1) is 45.4. The summed E-state index contributed by atoms with van der Waals surface area (Å²) < 4.78 is 20.3. The summed E-state index contributed by atoms with van der Waals surface area (Å²) in [7, 11) is -4.02. The SMILES string of the molecule is C=C1C(=CC=C2CCC[C@]3(C)[C@@H]([C@H](C)C(CC(=O)C4(CCCCCC)CC4)OC(C)=O)CC[C@@H]23)C[C@@H](O[Si](C)(C)C(C)(C)C)C[C@@H]1O[Si](C)(C)C(C)(C)C. The van der Waals surface area contributed by atoms with Crippen LogP contribution in [0.4, 0.5) is 0 Å². The van der Waals surface area contributed by atoms with Crippen molar-refractivity contribution in [1.29, 1.82) is 0 Å². The summed E-state index contributed by atoms with van der Waals surface area (Å²) >= 11 is 0. The Kier molecular flexibility index (Phi) is 14.5. The average Bonchev–Trinajstić information content (AvgIpc) is 3.75. The van der Waals surface area contributed by atoms with Gasteiger partial charge in [-0.15, -0.1) is 0 Å². The van der Waals surface area contributed by atoms with E-state index in [9.17, 15) is 9.59 Å². The van der Waals surface area contributed by atoms with Crippen molar-refractivity contribution in [1.82, 2.24) is 0 Å². The molecule has 4 rings (SSSR count). The molecule has 0 bridgehead atoms. The van der Waals surface area contributed by atoms with Gasteiger partial charge in [-0.05, 0) is 128 Å². The van der Waals surface area contributed by atoms with E-state index in [-0.39, 0.29) is 51.1 Å². The number of hydrogen-bond acceptors (Lipinski definition) is 5. The highest BCUT2D eigenvalue weighted by molar-refractivity contribution is 6.74. The lowest BCUT2D eigenvalue weighted by atomic mass is 9.60. The molecule has 0 heterocycles. The summed E-state index contributed by atoms with van der Waals surface area (Å²) in [5.41, 5.74) is 3.93. The molecule has 4 saturated carbocycles. The van der Waals surface area contributed by atoms with Crippen molar-refractivity contribution >= 4 is 28.4 Å². The summed E-state index contributed by atoms with van der Waals surface area (Å²) in [6.45, 7) is 36.6. The number of allylic oxidation sites excluding steroid dienone is 3. The normalized spacial score (nSPS) is 30.3. The van der Waals surface area contributed by atoms with Crippen molar-refractivity contribution in [2.24, 2.45) is 28.6 Å². The molecule has 0 aromatic heterocycles. The molecule has 4 fully saturated rings. The van der Waals surface area contributed by atoms with Crippen LogP contribution in [-0.2, 0) is 23.2 Å². The molecule has 0 aliphatic heterocycles. The Balaban J connectivity index is 1.56. The number of hydrogen-bond donors (Lipinski definition) is 0. The number of ether oxygens (including phenoxy) is 1. The van der Waals surface area contributed by atoms with Crippen LogP contribution < -0.4 is 0 Å². The number of carbonyl (C=O) groups excluding carboxylic acids is 2. The van der Waals surface area contributed by atoms with Gasteiger partial charge in [0.2, 0.25) is 0 Å². The van der Waals surface area contributed by atoms with Gasteiger partial charge < -0.3 is 13.6 Å². The molecule has 0 aromatic carbocycles. The number of unbranched alkanes of at least 4 members (excludes halogenated alkanes) is 3. The number of carbonyl (C=O) groups is 2. The van der Waals surface area contributed by atoms with E-state index in [1.54, 1.807) is 5.57 Å². The van der Waals surface area contributed by atoms with Crippen LogP contribution in [0.2, 0.25) is 36.3 Å². The number of fused-ring (bicyclic) bond motifs is 1. The highest BCUT2D eigenvalue weighted by atomic mass is 28.4. The van der Waals surface area contributed by atoms with E-state index in [0.29, 0.717) is 24.0 Å². The fourth-order valence-electron chi connectivity index (χ4n) is 9.82. The molecule has 1 unspecified atom stereocenters. The molecule has 308 valence electrons. The van der Waals surface area contributed by atoms with Gasteiger partial charge in [-0.25, -0.2) is 0 Å². The van der Waals surface area contributed by atoms with Crippen LogP contribution in [0.15, 0.2) is 35.5 Å². The van der Waals surface area contributed by atoms with Gasteiger partial charge >= 0.3 is 5.97 Å². The number of ketones is 1. The standard InChI is InChI=1S/C47H82O5Si2/c1-16-17-18-19-27-47(28-29-47)43(49)32-41(50-35(4)48)34(3)39-24-25-40-36(21-20-26-46(39,40)11)22-23-37-30-38(51-53(12,13)44(5,6)7)31-42(33(37)2)52-54(14,15)45(8,9)10/h22-23,34,38-42H,2,16-21,24-32H2,1,3-15H3/t34-,38+,39+,40-,41?,42-,46+/m0/s1. The third-order valence-corrected chi connectivity index (χ3v) is 24.7. The van der Waals surface area contributed by atoms with Crippen molar-refractivity contribution in [3.63, 3.8) is 0 Å².